The molecule has 0 aromatic carbocycles. The highest BCUT2D eigenvalue weighted by Gasteiger charge is 2.51. The van der Waals surface area contributed by atoms with Crippen molar-refractivity contribution in [3.8, 4) is 0 Å². The predicted molar refractivity (Wildman–Crippen MR) is 70.0 cm³/mol. The average Bonchev–Trinajstić information content (AvgIpc) is 2.71. The Morgan fingerprint density at radius 3 is 2.28 bits per heavy atom. The number of rotatable bonds is 3. The molecule has 1 heterocycles. The van der Waals surface area contributed by atoms with Crippen LogP contribution >= 0.6 is 11.5 Å². The van der Waals surface area contributed by atoms with Crippen molar-refractivity contribution in [2.75, 3.05) is 5.73 Å². The van der Waals surface area contributed by atoms with Gasteiger partial charge in [0.2, 0.25) is 0 Å². The Kier molecular flexibility index (Phi) is 2.42. The van der Waals surface area contributed by atoms with Gasteiger partial charge < -0.3 is 10.5 Å². The number of anilines is 1. The van der Waals surface area contributed by atoms with Crippen molar-refractivity contribution in [1.82, 2.24) is 9.36 Å². The molecule has 5 heteroatoms. The lowest BCUT2D eigenvalue weighted by molar-refractivity contribution is -0.169. The van der Waals surface area contributed by atoms with Gasteiger partial charge in [0.05, 0.1) is 5.60 Å². The molecule has 1 aromatic heterocycles. The molecular weight excluding hydrogens is 246 g/mol. The Morgan fingerprint density at radius 2 is 1.78 bits per heavy atom. The minimum Gasteiger partial charge on any atom is -0.374 e. The Balaban J connectivity index is 1.47. The fourth-order valence-corrected chi connectivity index (χ4v) is 5.19. The minimum atomic E-state index is 0.148. The van der Waals surface area contributed by atoms with Crippen LogP contribution in [0.25, 0.3) is 0 Å². The smallest absolute Gasteiger partial charge is 0.200 e. The Morgan fingerprint density at radius 1 is 1.17 bits per heavy atom. The van der Waals surface area contributed by atoms with Gasteiger partial charge in [-0.1, -0.05) is 0 Å². The zero-order valence-corrected chi connectivity index (χ0v) is 11.3. The van der Waals surface area contributed by atoms with Gasteiger partial charge in [-0.2, -0.15) is 4.37 Å². The fraction of sp³-hybridized carbons (Fsp3) is 0.846. The topological polar surface area (TPSA) is 61.0 Å². The van der Waals surface area contributed by atoms with E-state index in [1.54, 1.807) is 0 Å². The molecule has 98 valence electrons. The van der Waals surface area contributed by atoms with E-state index in [-0.39, 0.29) is 5.60 Å². The molecule has 0 radical (unpaired) electrons. The largest absolute Gasteiger partial charge is 0.374 e. The summed E-state index contributed by atoms with van der Waals surface area (Å²) in [5.41, 5.74) is 5.75. The molecule has 0 atom stereocenters. The summed E-state index contributed by atoms with van der Waals surface area (Å²) < 4.78 is 10.5. The van der Waals surface area contributed by atoms with Crippen LogP contribution in [0.3, 0.4) is 0 Å². The Bertz CT molecular complexity index is 424. The van der Waals surface area contributed by atoms with Gasteiger partial charge in [0.1, 0.15) is 6.61 Å². The standard InChI is InChI=1S/C13H19N3OS/c14-12-15-11(16-18-12)7-17-13-4-8-1-9(5-13)3-10(2-8)6-13/h8-10H,1-7H2,(H2,14,15,16). The summed E-state index contributed by atoms with van der Waals surface area (Å²) in [6.45, 7) is 0.542. The first-order valence-corrected chi connectivity index (χ1v) is 7.70. The lowest BCUT2D eigenvalue weighted by Gasteiger charge is -2.56. The molecule has 4 fully saturated rings. The third-order valence-electron chi connectivity index (χ3n) is 4.97. The van der Waals surface area contributed by atoms with Crippen LogP contribution in [0, 0.1) is 17.8 Å². The highest BCUT2D eigenvalue weighted by Crippen LogP contribution is 2.57. The molecule has 4 aliphatic carbocycles. The lowest BCUT2D eigenvalue weighted by atomic mass is 9.54. The van der Waals surface area contributed by atoms with Crippen molar-refractivity contribution >= 4 is 16.7 Å². The molecule has 0 spiro atoms. The van der Waals surface area contributed by atoms with E-state index < -0.39 is 0 Å². The molecule has 0 unspecified atom stereocenters. The van der Waals surface area contributed by atoms with Crippen LogP contribution in [-0.2, 0) is 11.3 Å². The first-order valence-electron chi connectivity index (χ1n) is 6.93. The maximum Gasteiger partial charge on any atom is 0.200 e. The Hall–Kier alpha value is -0.680. The Labute approximate surface area is 111 Å². The second-order valence-electron chi connectivity index (χ2n) is 6.44. The first kappa shape index (κ1) is 11.2. The number of hydrogen-bond donors (Lipinski definition) is 1. The molecule has 2 N–H and O–H groups in total. The molecule has 1 aromatic rings. The van der Waals surface area contributed by atoms with Crippen molar-refractivity contribution < 1.29 is 4.74 Å². The number of nitrogens with two attached hydrogens (primary N) is 1. The molecule has 4 aliphatic rings. The third-order valence-corrected chi connectivity index (χ3v) is 5.55. The van der Waals surface area contributed by atoms with Crippen LogP contribution in [0.4, 0.5) is 5.13 Å². The van der Waals surface area contributed by atoms with E-state index >= 15 is 0 Å². The van der Waals surface area contributed by atoms with Crippen molar-refractivity contribution in [1.29, 1.82) is 0 Å². The second-order valence-corrected chi connectivity index (χ2v) is 7.22. The van der Waals surface area contributed by atoms with E-state index in [9.17, 15) is 0 Å². The van der Waals surface area contributed by atoms with Gasteiger partial charge in [0.25, 0.3) is 0 Å². The predicted octanol–water partition coefficient (Wildman–Crippen LogP) is 2.61. The van der Waals surface area contributed by atoms with Gasteiger partial charge in [0, 0.05) is 11.5 Å². The summed E-state index contributed by atoms with van der Waals surface area (Å²) in [7, 11) is 0. The molecule has 4 bridgehead atoms. The number of nitrogens with zero attached hydrogens (tertiary/aromatic N) is 2. The summed E-state index contributed by atoms with van der Waals surface area (Å²) in [4.78, 5) is 4.19. The molecule has 4 saturated carbocycles. The minimum absolute atomic E-state index is 0.148. The fourth-order valence-electron chi connectivity index (χ4n) is 4.75. The van der Waals surface area contributed by atoms with Crippen molar-refractivity contribution in [2.45, 2.75) is 50.7 Å². The molecule has 4 nitrogen and oxygen atoms in total. The normalized spacial score (nSPS) is 41.4. The van der Waals surface area contributed by atoms with Gasteiger partial charge in [-0.3, -0.25) is 0 Å². The van der Waals surface area contributed by atoms with Crippen LogP contribution in [-0.4, -0.2) is 15.0 Å². The summed E-state index contributed by atoms with van der Waals surface area (Å²) in [6.07, 6.45) is 8.13. The maximum absolute atomic E-state index is 6.27. The average molecular weight is 265 g/mol. The summed E-state index contributed by atoms with van der Waals surface area (Å²) in [6, 6.07) is 0. The summed E-state index contributed by atoms with van der Waals surface area (Å²) in [5, 5.41) is 0.541. The number of ether oxygens (including phenoxy) is 1. The SMILES string of the molecule is Nc1nc(COC23CC4CC(CC(C4)C2)C3)ns1. The van der Waals surface area contributed by atoms with Crippen LogP contribution < -0.4 is 5.73 Å². The number of hydrogen-bond acceptors (Lipinski definition) is 5. The zero-order chi connectivity index (χ0) is 12.2. The van der Waals surface area contributed by atoms with Gasteiger partial charge in [-0.15, -0.1) is 0 Å². The van der Waals surface area contributed by atoms with Crippen LogP contribution in [0.2, 0.25) is 0 Å². The van der Waals surface area contributed by atoms with Gasteiger partial charge in [-0.05, 0) is 56.3 Å². The monoisotopic (exact) mass is 265 g/mol. The molecular formula is C13H19N3OS. The summed E-state index contributed by atoms with van der Waals surface area (Å²) in [5.74, 6) is 3.52. The molecule has 0 aliphatic heterocycles. The van der Waals surface area contributed by atoms with Gasteiger partial charge in [-0.25, -0.2) is 4.98 Å². The third kappa shape index (κ3) is 1.84. The van der Waals surface area contributed by atoms with E-state index in [4.69, 9.17) is 10.5 Å². The van der Waals surface area contributed by atoms with Crippen molar-refractivity contribution in [3.05, 3.63) is 5.82 Å². The zero-order valence-electron chi connectivity index (χ0n) is 10.5. The van der Waals surface area contributed by atoms with E-state index in [1.807, 2.05) is 0 Å². The second kappa shape index (κ2) is 3.90. The van der Waals surface area contributed by atoms with E-state index in [0.29, 0.717) is 11.7 Å². The van der Waals surface area contributed by atoms with Gasteiger partial charge in [0.15, 0.2) is 11.0 Å². The van der Waals surface area contributed by atoms with Crippen molar-refractivity contribution in [2.24, 2.45) is 17.8 Å². The first-order chi connectivity index (χ1) is 8.71. The highest BCUT2D eigenvalue weighted by atomic mass is 32.1. The van der Waals surface area contributed by atoms with E-state index in [1.165, 1.54) is 50.1 Å². The van der Waals surface area contributed by atoms with Crippen LogP contribution in [0.15, 0.2) is 0 Å². The highest BCUT2D eigenvalue weighted by molar-refractivity contribution is 7.09. The quantitative estimate of drug-likeness (QED) is 0.912. The van der Waals surface area contributed by atoms with E-state index in [0.717, 1.165) is 23.6 Å². The molecule has 0 saturated heterocycles. The molecule has 5 rings (SSSR count). The van der Waals surface area contributed by atoms with Gasteiger partial charge >= 0.3 is 0 Å². The van der Waals surface area contributed by atoms with Crippen LogP contribution in [0.1, 0.15) is 44.3 Å². The summed E-state index contributed by atoms with van der Waals surface area (Å²) >= 11 is 1.26. The number of aromatic nitrogens is 2. The maximum atomic E-state index is 6.27. The van der Waals surface area contributed by atoms with Crippen molar-refractivity contribution in [3.63, 3.8) is 0 Å². The van der Waals surface area contributed by atoms with E-state index in [2.05, 4.69) is 9.36 Å². The lowest BCUT2D eigenvalue weighted by Crippen LogP contribution is -2.51. The number of nitrogen functional groups attached to an aromatic ring is 1. The molecule has 18 heavy (non-hydrogen) atoms. The van der Waals surface area contributed by atoms with Crippen LogP contribution in [0.5, 0.6) is 0 Å². The molecule has 0 amide bonds.